The number of rotatable bonds is 5. The molecule has 1 N–H and O–H groups in total. The Kier molecular flexibility index (Phi) is 4.51. The number of nitrogens with one attached hydrogen (secondary N) is 1. The van der Waals surface area contributed by atoms with Crippen LogP contribution >= 0.6 is 0 Å². The summed E-state index contributed by atoms with van der Waals surface area (Å²) in [7, 11) is 1.84. The van der Waals surface area contributed by atoms with E-state index in [4.69, 9.17) is 4.74 Å². The number of carbonyl (C=O) groups excluding carboxylic acids is 2. The number of fused-ring (bicyclic) bond motifs is 1. The maximum Gasteiger partial charge on any atom is 0.230 e. The predicted octanol–water partition coefficient (Wildman–Crippen LogP) is 1.96. The van der Waals surface area contributed by atoms with Gasteiger partial charge >= 0.3 is 0 Å². The van der Waals surface area contributed by atoms with Crippen LogP contribution in [0.1, 0.15) is 31.3 Å². The van der Waals surface area contributed by atoms with E-state index >= 15 is 0 Å². The zero-order chi connectivity index (χ0) is 21.9. The van der Waals surface area contributed by atoms with Crippen LogP contribution in [-0.4, -0.2) is 50.6 Å². The van der Waals surface area contributed by atoms with E-state index in [1.165, 1.54) is 12.1 Å². The van der Waals surface area contributed by atoms with Crippen molar-refractivity contribution in [3.8, 4) is 0 Å². The SMILES string of the molecule is CC(C)N1C[C@@]23C=C[C@@H](O2)[C@H](C(=O)N[C@H](c2ccc(F)cc2)c2nccn2C)[C@@H]3C1=O. The summed E-state index contributed by atoms with van der Waals surface area (Å²) in [6, 6.07) is 5.44. The molecule has 2 bridgehead atoms. The first-order chi connectivity index (χ1) is 14.8. The molecule has 1 aromatic carbocycles. The van der Waals surface area contributed by atoms with Crippen molar-refractivity contribution in [2.75, 3.05) is 6.54 Å². The highest BCUT2D eigenvalue weighted by Crippen LogP contribution is 2.52. The molecule has 3 aliphatic rings. The molecule has 1 spiro atoms. The third-order valence-corrected chi connectivity index (χ3v) is 6.66. The summed E-state index contributed by atoms with van der Waals surface area (Å²) in [5.74, 6) is -1.21. The van der Waals surface area contributed by atoms with Gasteiger partial charge in [0.25, 0.3) is 0 Å². The maximum atomic E-state index is 13.5. The first-order valence-electron chi connectivity index (χ1n) is 10.5. The highest BCUT2D eigenvalue weighted by Gasteiger charge is 2.67. The van der Waals surface area contributed by atoms with Gasteiger partial charge in [0.1, 0.15) is 23.3 Å². The van der Waals surface area contributed by atoms with Gasteiger partial charge in [0.15, 0.2) is 0 Å². The average Bonchev–Trinajstić information content (AvgIpc) is 3.48. The average molecular weight is 424 g/mol. The standard InChI is InChI=1S/C23H25FN4O3/c1-13(2)28-12-23-9-8-16(31-23)17(18(23)22(28)30)21(29)26-19(20-25-10-11-27(20)3)14-4-6-15(24)7-5-14/h4-11,13,16-19H,12H2,1-3H3,(H,26,29)/t16-,17+,18-,19-,23-/m1/s1. The van der Waals surface area contributed by atoms with E-state index in [0.29, 0.717) is 17.9 Å². The van der Waals surface area contributed by atoms with Crippen molar-refractivity contribution in [2.45, 2.75) is 37.6 Å². The largest absolute Gasteiger partial charge is 0.360 e. The highest BCUT2D eigenvalue weighted by atomic mass is 19.1. The monoisotopic (exact) mass is 424 g/mol. The Bertz CT molecular complexity index is 1060. The molecule has 0 unspecified atom stereocenters. The van der Waals surface area contributed by atoms with Gasteiger partial charge < -0.3 is 19.5 Å². The quantitative estimate of drug-likeness (QED) is 0.745. The van der Waals surface area contributed by atoms with Crippen LogP contribution in [0.15, 0.2) is 48.8 Å². The first kappa shape index (κ1) is 19.9. The molecule has 5 atom stereocenters. The molecule has 2 saturated heterocycles. The highest BCUT2D eigenvalue weighted by molar-refractivity contribution is 5.93. The van der Waals surface area contributed by atoms with E-state index in [-0.39, 0.29) is 23.7 Å². The lowest BCUT2D eigenvalue weighted by Crippen LogP contribution is -2.45. The lowest BCUT2D eigenvalue weighted by Gasteiger charge is -2.27. The molecule has 31 heavy (non-hydrogen) atoms. The van der Waals surface area contributed by atoms with Gasteiger partial charge in [-0.2, -0.15) is 0 Å². The number of halogens is 1. The zero-order valence-electron chi connectivity index (χ0n) is 17.7. The van der Waals surface area contributed by atoms with Crippen LogP contribution in [0, 0.1) is 17.7 Å². The van der Waals surface area contributed by atoms with Gasteiger partial charge in [-0.3, -0.25) is 9.59 Å². The number of imidazole rings is 1. The number of hydrogen-bond acceptors (Lipinski definition) is 4. The van der Waals surface area contributed by atoms with Crippen molar-refractivity contribution in [2.24, 2.45) is 18.9 Å². The minimum Gasteiger partial charge on any atom is -0.360 e. The summed E-state index contributed by atoms with van der Waals surface area (Å²) >= 11 is 0. The van der Waals surface area contributed by atoms with E-state index in [9.17, 15) is 14.0 Å². The Labute approximate surface area is 179 Å². The molecule has 162 valence electrons. The third-order valence-electron chi connectivity index (χ3n) is 6.66. The fourth-order valence-electron chi connectivity index (χ4n) is 5.11. The second-order valence-corrected chi connectivity index (χ2v) is 8.85. The van der Waals surface area contributed by atoms with E-state index in [1.54, 1.807) is 29.4 Å². The van der Waals surface area contributed by atoms with Gasteiger partial charge in [0.05, 0.1) is 24.5 Å². The van der Waals surface area contributed by atoms with Gasteiger partial charge in [-0.1, -0.05) is 24.3 Å². The number of aryl methyl sites for hydroxylation is 1. The van der Waals surface area contributed by atoms with Crippen molar-refractivity contribution in [1.29, 1.82) is 0 Å². The summed E-state index contributed by atoms with van der Waals surface area (Å²) in [5, 5.41) is 3.07. The molecule has 2 fully saturated rings. The zero-order valence-corrected chi connectivity index (χ0v) is 17.7. The molecule has 0 radical (unpaired) electrons. The maximum absolute atomic E-state index is 13.5. The minimum absolute atomic E-state index is 0.0340. The topological polar surface area (TPSA) is 76.5 Å². The number of carbonyl (C=O) groups is 2. The summed E-state index contributed by atoms with van der Waals surface area (Å²) in [5.41, 5.74) is -0.0252. The molecular weight excluding hydrogens is 399 g/mol. The number of hydrogen-bond donors (Lipinski definition) is 1. The number of likely N-dealkylation sites (tertiary alicyclic amines) is 1. The fourth-order valence-corrected chi connectivity index (χ4v) is 5.11. The third kappa shape index (κ3) is 3.00. The fraction of sp³-hybridized carbons (Fsp3) is 0.435. The molecule has 0 aliphatic carbocycles. The number of amides is 2. The Morgan fingerprint density at radius 1 is 1.32 bits per heavy atom. The Hall–Kier alpha value is -3.00. The van der Waals surface area contributed by atoms with E-state index < -0.39 is 29.6 Å². The molecule has 4 heterocycles. The number of aromatic nitrogens is 2. The van der Waals surface area contributed by atoms with E-state index in [2.05, 4.69) is 10.3 Å². The van der Waals surface area contributed by atoms with Crippen LogP contribution < -0.4 is 5.32 Å². The lowest BCUT2D eigenvalue weighted by atomic mass is 9.76. The second-order valence-electron chi connectivity index (χ2n) is 8.85. The van der Waals surface area contributed by atoms with Gasteiger partial charge in [-0.15, -0.1) is 0 Å². The molecule has 2 aromatic rings. The molecule has 8 heteroatoms. The number of nitrogens with zero attached hydrogens (tertiary/aromatic N) is 3. The Morgan fingerprint density at radius 3 is 2.71 bits per heavy atom. The van der Waals surface area contributed by atoms with E-state index in [1.807, 2.05) is 37.6 Å². The predicted molar refractivity (Wildman–Crippen MR) is 110 cm³/mol. The first-order valence-corrected chi connectivity index (χ1v) is 10.5. The van der Waals surface area contributed by atoms with Gasteiger partial charge in [-0.05, 0) is 31.5 Å². The van der Waals surface area contributed by atoms with Crippen molar-refractivity contribution in [1.82, 2.24) is 19.8 Å². The summed E-state index contributed by atoms with van der Waals surface area (Å²) in [4.78, 5) is 32.9. The van der Waals surface area contributed by atoms with Crippen LogP contribution in [0.3, 0.4) is 0 Å². The van der Waals surface area contributed by atoms with Crippen molar-refractivity contribution in [3.63, 3.8) is 0 Å². The summed E-state index contributed by atoms with van der Waals surface area (Å²) in [6.07, 6.45) is 6.85. The minimum atomic E-state index is -0.734. The summed E-state index contributed by atoms with van der Waals surface area (Å²) in [6.45, 7) is 4.39. The Morgan fingerprint density at radius 2 is 2.06 bits per heavy atom. The second kappa shape index (κ2) is 7.02. The van der Waals surface area contributed by atoms with Gasteiger partial charge in [0, 0.05) is 25.5 Å². The molecular formula is C23H25FN4O3. The number of ether oxygens (including phenoxy) is 1. The molecule has 5 rings (SSSR count). The molecule has 2 amide bonds. The molecule has 0 saturated carbocycles. The number of benzene rings is 1. The van der Waals surface area contributed by atoms with Gasteiger partial charge in [0.2, 0.25) is 11.8 Å². The molecule has 7 nitrogen and oxygen atoms in total. The van der Waals surface area contributed by atoms with Gasteiger partial charge in [-0.25, -0.2) is 9.37 Å². The smallest absolute Gasteiger partial charge is 0.230 e. The molecule has 1 aromatic heterocycles. The van der Waals surface area contributed by atoms with Crippen molar-refractivity contribution < 1.29 is 18.7 Å². The lowest BCUT2D eigenvalue weighted by molar-refractivity contribution is -0.138. The van der Waals surface area contributed by atoms with Crippen LogP contribution in [-0.2, 0) is 21.4 Å². The van der Waals surface area contributed by atoms with E-state index in [0.717, 1.165) is 0 Å². The normalized spacial score (nSPS) is 29.6. The van der Waals surface area contributed by atoms with Crippen LogP contribution in [0.5, 0.6) is 0 Å². The summed E-state index contributed by atoms with van der Waals surface area (Å²) < 4.78 is 21.5. The van der Waals surface area contributed by atoms with Crippen molar-refractivity contribution in [3.05, 3.63) is 66.0 Å². The van der Waals surface area contributed by atoms with Crippen molar-refractivity contribution >= 4 is 11.8 Å². The molecule has 3 aliphatic heterocycles. The van der Waals surface area contributed by atoms with Crippen LogP contribution in [0.2, 0.25) is 0 Å². The van der Waals surface area contributed by atoms with Crippen LogP contribution in [0.25, 0.3) is 0 Å². The van der Waals surface area contributed by atoms with Crippen LogP contribution in [0.4, 0.5) is 4.39 Å². The Balaban J connectivity index is 1.46.